The second kappa shape index (κ2) is 9.92. The Morgan fingerprint density at radius 1 is 1.15 bits per heavy atom. The molecule has 2 saturated heterocycles. The highest BCUT2D eigenvalue weighted by Gasteiger charge is 2.21. The molecule has 150 valence electrons. The van der Waals surface area contributed by atoms with Gasteiger partial charge in [-0.3, -0.25) is 14.6 Å². The molecule has 0 unspecified atom stereocenters. The molecule has 0 spiro atoms. The summed E-state index contributed by atoms with van der Waals surface area (Å²) in [6.45, 7) is 6.51. The number of rotatable bonds is 8. The maximum absolute atomic E-state index is 12.1. The number of benzene rings is 1. The summed E-state index contributed by atoms with van der Waals surface area (Å²) in [7, 11) is 3.30. The molecule has 2 heterocycles. The van der Waals surface area contributed by atoms with Gasteiger partial charge in [0.1, 0.15) is 0 Å². The van der Waals surface area contributed by atoms with Crippen LogP contribution in [0.5, 0.6) is 11.5 Å². The first-order chi connectivity index (χ1) is 13.2. The molecule has 7 nitrogen and oxygen atoms in total. The van der Waals surface area contributed by atoms with Crippen molar-refractivity contribution in [3.05, 3.63) is 23.8 Å². The molecule has 1 aromatic rings. The Morgan fingerprint density at radius 3 is 2.56 bits per heavy atom. The second-order valence-corrected chi connectivity index (χ2v) is 7.18. The molecule has 1 amide bonds. The van der Waals surface area contributed by atoms with Gasteiger partial charge in [0.2, 0.25) is 5.91 Å². The van der Waals surface area contributed by atoms with E-state index in [4.69, 9.17) is 14.2 Å². The van der Waals surface area contributed by atoms with Crippen LogP contribution in [0.2, 0.25) is 0 Å². The van der Waals surface area contributed by atoms with Gasteiger partial charge in [-0.15, -0.1) is 0 Å². The number of carbonyl (C=O) groups is 1. The Bertz CT molecular complexity index is 611. The lowest BCUT2D eigenvalue weighted by atomic mass is 10.1. The van der Waals surface area contributed by atoms with Crippen molar-refractivity contribution >= 4 is 5.91 Å². The molecule has 0 bridgehead atoms. The van der Waals surface area contributed by atoms with E-state index in [0.29, 0.717) is 13.1 Å². The van der Waals surface area contributed by atoms with Crippen LogP contribution in [0, 0.1) is 0 Å². The monoisotopic (exact) mass is 377 g/mol. The smallest absolute Gasteiger partial charge is 0.234 e. The van der Waals surface area contributed by atoms with E-state index >= 15 is 0 Å². The molecule has 2 aliphatic heterocycles. The van der Waals surface area contributed by atoms with Crippen LogP contribution in [-0.4, -0.2) is 81.9 Å². The first-order valence-corrected chi connectivity index (χ1v) is 9.72. The van der Waals surface area contributed by atoms with Gasteiger partial charge in [0.15, 0.2) is 11.5 Å². The molecule has 1 N–H and O–H groups in total. The van der Waals surface area contributed by atoms with Crippen LogP contribution in [0.25, 0.3) is 0 Å². The topological polar surface area (TPSA) is 63.3 Å². The molecule has 0 aromatic heterocycles. The highest BCUT2D eigenvalue weighted by atomic mass is 16.5. The van der Waals surface area contributed by atoms with E-state index in [1.807, 2.05) is 12.1 Å². The molecule has 1 aromatic carbocycles. The lowest BCUT2D eigenvalue weighted by Gasteiger charge is -2.34. The van der Waals surface area contributed by atoms with Gasteiger partial charge < -0.3 is 19.5 Å². The van der Waals surface area contributed by atoms with Crippen molar-refractivity contribution in [2.45, 2.75) is 25.5 Å². The highest BCUT2D eigenvalue weighted by molar-refractivity contribution is 5.78. The third-order valence-electron chi connectivity index (χ3n) is 5.24. The number of nitrogens with one attached hydrogen (secondary N) is 1. The van der Waals surface area contributed by atoms with Crippen molar-refractivity contribution in [2.24, 2.45) is 0 Å². The van der Waals surface area contributed by atoms with Crippen LogP contribution in [0.3, 0.4) is 0 Å². The summed E-state index contributed by atoms with van der Waals surface area (Å²) < 4.78 is 16.2. The molecule has 2 aliphatic rings. The van der Waals surface area contributed by atoms with Crippen LogP contribution in [0.1, 0.15) is 18.4 Å². The molecule has 0 saturated carbocycles. The average molecular weight is 377 g/mol. The largest absolute Gasteiger partial charge is 0.493 e. The summed E-state index contributed by atoms with van der Waals surface area (Å²) in [6, 6.07) is 6.05. The zero-order valence-corrected chi connectivity index (χ0v) is 16.4. The minimum atomic E-state index is 0.0961. The minimum Gasteiger partial charge on any atom is -0.493 e. The Balaban J connectivity index is 1.39. The lowest BCUT2D eigenvalue weighted by molar-refractivity contribution is -0.123. The number of ether oxygens (including phenoxy) is 3. The molecule has 3 rings (SSSR count). The van der Waals surface area contributed by atoms with Crippen molar-refractivity contribution in [3.63, 3.8) is 0 Å². The maximum atomic E-state index is 12.1. The summed E-state index contributed by atoms with van der Waals surface area (Å²) in [6.07, 6.45) is 2.35. The van der Waals surface area contributed by atoms with Crippen molar-refractivity contribution < 1.29 is 19.0 Å². The van der Waals surface area contributed by atoms with E-state index in [1.165, 1.54) is 5.56 Å². The summed E-state index contributed by atoms with van der Waals surface area (Å²) >= 11 is 0. The van der Waals surface area contributed by atoms with E-state index in [0.717, 1.165) is 63.7 Å². The molecule has 1 atom stereocenters. The molecule has 0 aliphatic carbocycles. The van der Waals surface area contributed by atoms with Gasteiger partial charge in [-0.1, -0.05) is 6.07 Å². The van der Waals surface area contributed by atoms with Crippen molar-refractivity contribution in [2.75, 3.05) is 60.1 Å². The van der Waals surface area contributed by atoms with Crippen molar-refractivity contribution in [1.82, 2.24) is 15.1 Å². The summed E-state index contributed by atoms with van der Waals surface area (Å²) in [5.74, 6) is 1.61. The first kappa shape index (κ1) is 19.9. The Kier molecular flexibility index (Phi) is 7.32. The van der Waals surface area contributed by atoms with E-state index in [1.54, 1.807) is 14.2 Å². The second-order valence-electron chi connectivity index (χ2n) is 7.18. The number of amides is 1. The normalized spacial score (nSPS) is 21.2. The number of methoxy groups -OCH3 is 2. The third-order valence-corrected chi connectivity index (χ3v) is 5.24. The van der Waals surface area contributed by atoms with Gasteiger partial charge >= 0.3 is 0 Å². The van der Waals surface area contributed by atoms with Crippen LogP contribution in [0.15, 0.2) is 18.2 Å². The molecule has 27 heavy (non-hydrogen) atoms. The van der Waals surface area contributed by atoms with Gasteiger partial charge in [0, 0.05) is 45.9 Å². The predicted octanol–water partition coefficient (Wildman–Crippen LogP) is 1.12. The average Bonchev–Trinajstić information content (AvgIpc) is 3.21. The number of hydrogen-bond acceptors (Lipinski definition) is 6. The fourth-order valence-corrected chi connectivity index (χ4v) is 3.63. The van der Waals surface area contributed by atoms with E-state index in [9.17, 15) is 4.79 Å². The van der Waals surface area contributed by atoms with Gasteiger partial charge in [-0.2, -0.15) is 0 Å². The summed E-state index contributed by atoms with van der Waals surface area (Å²) in [5.41, 5.74) is 1.20. The number of carbonyl (C=O) groups excluding carboxylic acids is 1. The summed E-state index contributed by atoms with van der Waals surface area (Å²) in [5, 5.41) is 3.00. The molecular formula is C20H31N3O4. The van der Waals surface area contributed by atoms with Crippen molar-refractivity contribution in [1.29, 1.82) is 0 Å². The highest BCUT2D eigenvalue weighted by Crippen LogP contribution is 2.28. The fourth-order valence-electron chi connectivity index (χ4n) is 3.63. The quantitative estimate of drug-likeness (QED) is 0.733. The van der Waals surface area contributed by atoms with Crippen LogP contribution >= 0.6 is 0 Å². The van der Waals surface area contributed by atoms with Gasteiger partial charge in [-0.25, -0.2) is 0 Å². The molecule has 7 heteroatoms. The van der Waals surface area contributed by atoms with Crippen LogP contribution in [0.4, 0.5) is 0 Å². The van der Waals surface area contributed by atoms with Gasteiger partial charge in [0.25, 0.3) is 0 Å². The third kappa shape index (κ3) is 5.82. The SMILES string of the molecule is COc1ccc(CN2CCN(CC(=O)NC[C@H]3CCCO3)CC2)cc1OC. The number of piperazine rings is 1. The molecule has 0 radical (unpaired) electrons. The number of nitrogens with zero attached hydrogens (tertiary/aromatic N) is 2. The number of hydrogen-bond donors (Lipinski definition) is 1. The standard InChI is InChI=1S/C20H31N3O4/c1-25-18-6-5-16(12-19(18)26-2)14-22-7-9-23(10-8-22)15-20(24)21-13-17-4-3-11-27-17/h5-6,12,17H,3-4,7-11,13-15H2,1-2H3,(H,21,24)/t17-/m1/s1. The zero-order valence-electron chi connectivity index (χ0n) is 16.4. The fraction of sp³-hybridized carbons (Fsp3) is 0.650. The zero-order chi connectivity index (χ0) is 19.1. The molecular weight excluding hydrogens is 346 g/mol. The van der Waals surface area contributed by atoms with E-state index in [-0.39, 0.29) is 12.0 Å². The molecule has 2 fully saturated rings. The Hall–Kier alpha value is -1.83. The van der Waals surface area contributed by atoms with E-state index in [2.05, 4.69) is 21.2 Å². The maximum Gasteiger partial charge on any atom is 0.234 e. The van der Waals surface area contributed by atoms with Crippen LogP contribution < -0.4 is 14.8 Å². The van der Waals surface area contributed by atoms with Crippen LogP contribution in [-0.2, 0) is 16.1 Å². The Labute approximate surface area is 161 Å². The first-order valence-electron chi connectivity index (χ1n) is 9.72. The predicted molar refractivity (Wildman–Crippen MR) is 103 cm³/mol. The van der Waals surface area contributed by atoms with E-state index < -0.39 is 0 Å². The summed E-state index contributed by atoms with van der Waals surface area (Å²) in [4.78, 5) is 16.7. The minimum absolute atomic E-state index is 0.0961. The van der Waals surface area contributed by atoms with Gasteiger partial charge in [-0.05, 0) is 30.5 Å². The van der Waals surface area contributed by atoms with Crippen molar-refractivity contribution in [3.8, 4) is 11.5 Å². The van der Waals surface area contributed by atoms with Gasteiger partial charge in [0.05, 0.1) is 26.9 Å². The Morgan fingerprint density at radius 2 is 1.89 bits per heavy atom. The lowest BCUT2D eigenvalue weighted by Crippen LogP contribution is -2.49.